The van der Waals surface area contributed by atoms with E-state index in [1.54, 1.807) is 23.3 Å². The van der Waals surface area contributed by atoms with Gasteiger partial charge in [0.15, 0.2) is 0 Å². The topological polar surface area (TPSA) is 77.1 Å². The summed E-state index contributed by atoms with van der Waals surface area (Å²) in [6.45, 7) is 6.53. The van der Waals surface area contributed by atoms with E-state index in [9.17, 15) is 4.79 Å². The number of hydrogen-bond donors (Lipinski definition) is 1. The third-order valence-corrected chi connectivity index (χ3v) is 7.08. The van der Waals surface area contributed by atoms with Crippen LogP contribution in [0.4, 0.5) is 10.3 Å². The smallest absolute Gasteiger partial charge is 0.259 e. The summed E-state index contributed by atoms with van der Waals surface area (Å²) in [5.41, 5.74) is 5.17. The van der Waals surface area contributed by atoms with Gasteiger partial charge in [0.05, 0.1) is 17.2 Å². The first-order valence-electron chi connectivity index (χ1n) is 12.2. The van der Waals surface area contributed by atoms with Crippen LogP contribution >= 0.6 is 9.24 Å². The fraction of sp³-hybridized carbons (Fsp3) is 0.214. The minimum atomic E-state index is -0.412. The Balaban J connectivity index is 1.65. The number of carbonyl (C=O) groups is 1. The van der Waals surface area contributed by atoms with Crippen molar-refractivity contribution in [1.82, 2.24) is 24.1 Å². The molecule has 2 atom stereocenters. The molecule has 2 unspecified atom stereocenters. The number of fused-ring (bicyclic) bond motifs is 1. The van der Waals surface area contributed by atoms with E-state index in [0.29, 0.717) is 29.7 Å². The van der Waals surface area contributed by atoms with Crippen molar-refractivity contribution < 1.29 is 9.18 Å². The van der Waals surface area contributed by atoms with Gasteiger partial charge in [0, 0.05) is 24.0 Å². The number of aryl methyl sites for hydroxylation is 3. The van der Waals surface area contributed by atoms with Crippen molar-refractivity contribution in [3.8, 4) is 0 Å². The molecule has 3 heterocycles. The van der Waals surface area contributed by atoms with E-state index in [1.165, 1.54) is 6.07 Å². The van der Waals surface area contributed by atoms with Crippen LogP contribution in [0.1, 0.15) is 58.2 Å². The van der Waals surface area contributed by atoms with Crippen molar-refractivity contribution in [2.24, 2.45) is 0 Å². The van der Waals surface area contributed by atoms with Gasteiger partial charge in [0.1, 0.15) is 17.8 Å². The number of benzene rings is 2. The lowest BCUT2D eigenvalue weighted by molar-refractivity contribution is 0.102. The number of aromatic nitrogens is 5. The second-order valence-corrected chi connectivity index (χ2v) is 9.48. The van der Waals surface area contributed by atoms with E-state index in [0.717, 1.165) is 27.8 Å². The second kappa shape index (κ2) is 10.2. The van der Waals surface area contributed by atoms with Gasteiger partial charge >= 0.3 is 0 Å². The van der Waals surface area contributed by atoms with Crippen molar-refractivity contribution >= 4 is 32.0 Å². The van der Waals surface area contributed by atoms with Gasteiger partial charge in [-0.05, 0) is 48.8 Å². The molecule has 1 amide bonds. The van der Waals surface area contributed by atoms with Crippen LogP contribution in [0.25, 0.3) is 5.65 Å². The first-order valence-corrected chi connectivity index (χ1v) is 12.8. The largest absolute Gasteiger partial charge is 0.303 e. The molecule has 0 aliphatic rings. The molecular formula is C28H28FN6OP. The highest BCUT2D eigenvalue weighted by atomic mass is 31.0. The van der Waals surface area contributed by atoms with E-state index >= 15 is 4.39 Å². The Morgan fingerprint density at radius 2 is 1.84 bits per heavy atom. The van der Waals surface area contributed by atoms with E-state index in [1.807, 2.05) is 67.6 Å². The first-order chi connectivity index (χ1) is 17.9. The van der Waals surface area contributed by atoms with Crippen LogP contribution in [0.2, 0.25) is 0 Å². The van der Waals surface area contributed by atoms with Crippen LogP contribution in [0, 0.1) is 12.7 Å². The van der Waals surface area contributed by atoms with E-state index in [-0.39, 0.29) is 17.7 Å². The van der Waals surface area contributed by atoms with Crippen molar-refractivity contribution in [3.05, 3.63) is 107 Å². The van der Waals surface area contributed by atoms with Gasteiger partial charge < -0.3 is 4.40 Å². The molecule has 37 heavy (non-hydrogen) atoms. The molecule has 7 nitrogen and oxygen atoms in total. The molecule has 1 N–H and O–H groups in total. The van der Waals surface area contributed by atoms with Crippen molar-refractivity contribution in [2.45, 2.75) is 39.7 Å². The summed E-state index contributed by atoms with van der Waals surface area (Å²) in [7, 11) is 2.76. The van der Waals surface area contributed by atoms with Gasteiger partial charge in [-0.1, -0.05) is 49.4 Å². The summed E-state index contributed by atoms with van der Waals surface area (Å²) in [4.78, 5) is 22.3. The SMILES string of the molecule is CCc1c(C(c2ccccc2F)c2ccccc2P)nc2cc(C)c(C(=O)Nc3ncn(CC)n3)cn12. The van der Waals surface area contributed by atoms with E-state index in [2.05, 4.69) is 24.6 Å². The van der Waals surface area contributed by atoms with Crippen LogP contribution in [0.5, 0.6) is 0 Å². The Morgan fingerprint density at radius 1 is 1.11 bits per heavy atom. The van der Waals surface area contributed by atoms with Crippen molar-refractivity contribution in [3.63, 3.8) is 0 Å². The molecular weight excluding hydrogens is 486 g/mol. The molecule has 188 valence electrons. The van der Waals surface area contributed by atoms with Gasteiger partial charge in [0.25, 0.3) is 5.91 Å². The highest BCUT2D eigenvalue weighted by molar-refractivity contribution is 7.27. The lowest BCUT2D eigenvalue weighted by atomic mass is 9.86. The number of nitrogens with one attached hydrogen (secondary N) is 1. The predicted molar refractivity (Wildman–Crippen MR) is 146 cm³/mol. The molecule has 0 bridgehead atoms. The summed E-state index contributed by atoms with van der Waals surface area (Å²) in [5.74, 6) is -0.740. The minimum Gasteiger partial charge on any atom is -0.303 e. The molecule has 2 aromatic carbocycles. The minimum absolute atomic E-state index is 0.255. The standard InChI is InChI=1S/C28H28FN6OP/c1-4-22-26(25(18-10-6-8-12-21(18)29)19-11-7-9-13-23(19)37)31-24-14-17(3)20(15-35(22)24)27(36)32-28-30-16-34(5-2)33-28/h6-16,25H,4-5,37H2,1-3H3,(H,32,33,36). The Bertz CT molecular complexity index is 1560. The highest BCUT2D eigenvalue weighted by Crippen LogP contribution is 2.35. The summed E-state index contributed by atoms with van der Waals surface area (Å²) in [6, 6.07) is 16.6. The molecule has 0 aliphatic heterocycles. The van der Waals surface area contributed by atoms with Crippen LogP contribution in [0.3, 0.4) is 0 Å². The molecule has 5 rings (SSSR count). The number of imidazole rings is 1. The van der Waals surface area contributed by atoms with Gasteiger partial charge in [-0.3, -0.25) is 14.8 Å². The first kappa shape index (κ1) is 24.8. The van der Waals surface area contributed by atoms with Crippen molar-refractivity contribution in [2.75, 3.05) is 5.32 Å². The normalized spacial score (nSPS) is 12.1. The Hall–Kier alpha value is -3.90. The molecule has 9 heteroatoms. The third-order valence-electron chi connectivity index (χ3n) is 6.56. The lowest BCUT2D eigenvalue weighted by Crippen LogP contribution is -2.16. The number of hydrogen-bond acceptors (Lipinski definition) is 4. The summed E-state index contributed by atoms with van der Waals surface area (Å²) in [5, 5.41) is 8.01. The fourth-order valence-electron chi connectivity index (χ4n) is 4.69. The molecule has 0 radical (unpaired) electrons. The maximum absolute atomic E-state index is 15.2. The Labute approximate surface area is 217 Å². The zero-order valence-electron chi connectivity index (χ0n) is 20.9. The quantitative estimate of drug-likeness (QED) is 0.314. The maximum atomic E-state index is 15.2. The average molecular weight is 515 g/mol. The number of nitrogens with zero attached hydrogens (tertiary/aromatic N) is 5. The van der Waals surface area contributed by atoms with Crippen LogP contribution in [0.15, 0.2) is 67.1 Å². The van der Waals surface area contributed by atoms with Gasteiger partial charge in [0.2, 0.25) is 5.95 Å². The number of halogens is 1. The number of anilines is 1. The van der Waals surface area contributed by atoms with Gasteiger partial charge in [-0.2, -0.15) is 0 Å². The van der Waals surface area contributed by atoms with Crippen LogP contribution in [-0.4, -0.2) is 30.1 Å². The number of pyridine rings is 1. The van der Waals surface area contributed by atoms with Crippen LogP contribution in [-0.2, 0) is 13.0 Å². The fourth-order valence-corrected chi connectivity index (χ4v) is 5.06. The summed E-state index contributed by atoms with van der Waals surface area (Å²) in [6.07, 6.45) is 4.03. The lowest BCUT2D eigenvalue weighted by Gasteiger charge is -2.20. The Morgan fingerprint density at radius 3 is 2.51 bits per heavy atom. The summed E-state index contributed by atoms with van der Waals surface area (Å²) >= 11 is 0. The highest BCUT2D eigenvalue weighted by Gasteiger charge is 2.28. The third kappa shape index (κ3) is 4.65. The molecule has 0 fully saturated rings. The monoisotopic (exact) mass is 514 g/mol. The zero-order valence-corrected chi connectivity index (χ0v) is 22.1. The molecule has 0 spiro atoms. The van der Waals surface area contributed by atoms with E-state index < -0.39 is 5.92 Å². The number of carbonyl (C=O) groups excluding carboxylic acids is 1. The molecule has 0 saturated carbocycles. The number of amides is 1. The molecule has 0 saturated heterocycles. The van der Waals surface area contributed by atoms with Gasteiger partial charge in [-0.15, -0.1) is 14.3 Å². The second-order valence-electron chi connectivity index (χ2n) is 8.86. The van der Waals surface area contributed by atoms with E-state index in [4.69, 9.17) is 4.98 Å². The molecule has 3 aromatic heterocycles. The predicted octanol–water partition coefficient (Wildman–Crippen LogP) is 4.89. The summed E-state index contributed by atoms with van der Waals surface area (Å²) < 4.78 is 18.8. The Kier molecular flexibility index (Phi) is 6.85. The average Bonchev–Trinajstić information content (AvgIpc) is 3.49. The maximum Gasteiger partial charge on any atom is 0.259 e. The molecule has 0 aliphatic carbocycles. The van der Waals surface area contributed by atoms with Crippen molar-refractivity contribution in [1.29, 1.82) is 0 Å². The van der Waals surface area contributed by atoms with Crippen LogP contribution < -0.4 is 10.6 Å². The number of rotatable bonds is 7. The molecule has 5 aromatic rings. The van der Waals surface area contributed by atoms with Gasteiger partial charge in [-0.25, -0.2) is 14.4 Å². The zero-order chi connectivity index (χ0) is 26.1.